The number of pyridine rings is 1. The number of H-pyrrole nitrogens is 1. The van der Waals surface area contributed by atoms with E-state index in [1.54, 1.807) is 19.9 Å². The fraction of sp³-hybridized carbons (Fsp3) is 0.581. The zero-order valence-electron chi connectivity index (χ0n) is 25.5. The maximum atomic E-state index is 12.6. The van der Waals surface area contributed by atoms with Crippen molar-refractivity contribution in [3.8, 4) is 11.6 Å². The Balaban J connectivity index is 2.12. The molecule has 2 rings (SSSR count). The summed E-state index contributed by atoms with van der Waals surface area (Å²) in [6, 6.07) is 0. The van der Waals surface area contributed by atoms with Crippen molar-refractivity contribution in [2.45, 2.75) is 84.3 Å². The van der Waals surface area contributed by atoms with Crippen LogP contribution in [0.4, 0.5) is 0 Å². The fourth-order valence-corrected chi connectivity index (χ4v) is 4.81. The van der Waals surface area contributed by atoms with Crippen LogP contribution in [0.3, 0.4) is 0 Å². The molecule has 1 saturated heterocycles. The second kappa shape index (κ2) is 16.8. The van der Waals surface area contributed by atoms with Crippen molar-refractivity contribution in [2.75, 3.05) is 27.4 Å². The monoisotopic (exact) mass is 593 g/mol. The maximum absolute atomic E-state index is 12.6. The van der Waals surface area contributed by atoms with Gasteiger partial charge in [0.1, 0.15) is 24.4 Å². The number of allylic oxidation sites excluding steroid dienone is 5. The number of ether oxygens (including phenoxy) is 4. The van der Waals surface area contributed by atoms with Gasteiger partial charge >= 0.3 is 0 Å². The Morgan fingerprint density at radius 3 is 2.33 bits per heavy atom. The van der Waals surface area contributed by atoms with E-state index in [0.29, 0.717) is 29.9 Å². The zero-order chi connectivity index (χ0) is 31.6. The van der Waals surface area contributed by atoms with Gasteiger partial charge in [0, 0.05) is 23.6 Å². The van der Waals surface area contributed by atoms with E-state index in [1.165, 1.54) is 14.2 Å². The molecule has 0 spiro atoms. The average molecular weight is 594 g/mol. The largest absolute Gasteiger partial charge is 0.488 e. The molecule has 11 heteroatoms. The van der Waals surface area contributed by atoms with Crippen LogP contribution in [0.1, 0.15) is 45.4 Å². The Morgan fingerprint density at radius 1 is 1.05 bits per heavy atom. The van der Waals surface area contributed by atoms with Gasteiger partial charge in [-0.1, -0.05) is 48.5 Å². The summed E-state index contributed by atoms with van der Waals surface area (Å²) in [6.07, 6.45) is 3.27. The van der Waals surface area contributed by atoms with Gasteiger partial charge in [0.2, 0.25) is 17.1 Å². The van der Waals surface area contributed by atoms with Gasteiger partial charge < -0.3 is 49.5 Å². The maximum Gasteiger partial charge on any atom is 0.238 e. The van der Waals surface area contributed by atoms with Gasteiger partial charge in [-0.2, -0.15) is 0 Å². The third-order valence-corrected chi connectivity index (χ3v) is 7.35. The number of aromatic amines is 1. The zero-order valence-corrected chi connectivity index (χ0v) is 25.5. The molecule has 1 fully saturated rings. The molecule has 6 N–H and O–H groups in total. The topological polar surface area (TPSA) is 171 Å². The minimum Gasteiger partial charge on any atom is -0.488 e. The molecule has 1 aliphatic rings. The number of rotatable bonds is 14. The molecule has 2 heterocycles. The predicted molar refractivity (Wildman–Crippen MR) is 159 cm³/mol. The number of aliphatic hydroxyl groups is 5. The SMILES string of the molecule is COc1[nH]c(C/C=C(\C)C/C=C/C(C)=C/[C@@H](C)[C@@H](O[C@@H]2O[C@H](CO)[C@@H](O)[C@H](O)[C@H]2O)/C(C)=C/CO)c(C)c(=O)c1OC. The first kappa shape index (κ1) is 35.4. The molecule has 0 unspecified atom stereocenters. The molecule has 0 radical (unpaired) electrons. The van der Waals surface area contributed by atoms with E-state index in [1.807, 2.05) is 45.1 Å². The molecule has 0 aliphatic carbocycles. The molecule has 1 aliphatic heterocycles. The second-order valence-corrected chi connectivity index (χ2v) is 10.6. The summed E-state index contributed by atoms with van der Waals surface area (Å²) in [5, 5.41) is 49.6. The molecular weight excluding hydrogens is 546 g/mol. The van der Waals surface area contributed by atoms with E-state index in [4.69, 9.17) is 18.9 Å². The summed E-state index contributed by atoms with van der Waals surface area (Å²) in [5.41, 5.74) is 3.87. The second-order valence-electron chi connectivity index (χ2n) is 10.6. The van der Waals surface area contributed by atoms with Crippen LogP contribution in [0.15, 0.2) is 51.9 Å². The highest BCUT2D eigenvalue weighted by Crippen LogP contribution is 2.28. The van der Waals surface area contributed by atoms with Crippen LogP contribution >= 0.6 is 0 Å². The average Bonchev–Trinajstić information content (AvgIpc) is 2.96. The third-order valence-electron chi connectivity index (χ3n) is 7.35. The van der Waals surface area contributed by atoms with Gasteiger partial charge in [0.15, 0.2) is 6.29 Å². The molecule has 42 heavy (non-hydrogen) atoms. The highest BCUT2D eigenvalue weighted by Gasteiger charge is 2.45. The van der Waals surface area contributed by atoms with Gasteiger partial charge in [-0.05, 0) is 39.7 Å². The molecule has 0 bridgehead atoms. The lowest BCUT2D eigenvalue weighted by Gasteiger charge is -2.41. The standard InChI is InChI=1S/C31H47NO10/c1-17(11-12-22-21(5)24(35)29(39-6)30(32-22)40-7)9-8-10-18(2)15-20(4)28(19(3)13-14-33)42-31-27(38)26(37)25(36)23(16-34)41-31/h8,10-11,13,15,20,23,25-28,31,33-34,36-38H,9,12,14,16H2,1-7H3,(H,32,35)/b10-8+,17-11+,18-15+,19-13+/t20-,23-,25-,26+,27-,28+,31+/m1/s1. The van der Waals surface area contributed by atoms with Gasteiger partial charge in [0.25, 0.3) is 0 Å². The summed E-state index contributed by atoms with van der Waals surface area (Å²) in [6.45, 7) is 8.63. The van der Waals surface area contributed by atoms with E-state index in [0.717, 1.165) is 16.8 Å². The fourth-order valence-electron chi connectivity index (χ4n) is 4.81. The Hall–Kier alpha value is -2.77. The van der Waals surface area contributed by atoms with Gasteiger partial charge in [-0.3, -0.25) is 4.79 Å². The Kier molecular flexibility index (Phi) is 14.1. The molecule has 0 aromatic carbocycles. The third kappa shape index (κ3) is 9.11. The molecule has 0 amide bonds. The number of methoxy groups -OCH3 is 2. The Morgan fingerprint density at radius 2 is 1.74 bits per heavy atom. The quantitative estimate of drug-likeness (QED) is 0.138. The van der Waals surface area contributed by atoms with Crippen LogP contribution in [-0.4, -0.2) is 94.8 Å². The van der Waals surface area contributed by atoms with E-state index >= 15 is 0 Å². The Bertz CT molecular complexity index is 1200. The van der Waals surface area contributed by atoms with Crippen molar-refractivity contribution >= 4 is 0 Å². The number of hydrogen-bond acceptors (Lipinski definition) is 10. The van der Waals surface area contributed by atoms with E-state index in [2.05, 4.69) is 4.98 Å². The van der Waals surface area contributed by atoms with Crippen molar-refractivity contribution in [3.05, 3.63) is 68.6 Å². The van der Waals surface area contributed by atoms with Crippen molar-refractivity contribution in [3.63, 3.8) is 0 Å². The number of aliphatic hydroxyl groups excluding tert-OH is 5. The summed E-state index contributed by atoms with van der Waals surface area (Å²) in [4.78, 5) is 15.7. The number of nitrogens with one attached hydrogen (secondary N) is 1. The minimum absolute atomic E-state index is 0.154. The van der Waals surface area contributed by atoms with Crippen LogP contribution in [0.5, 0.6) is 11.6 Å². The molecule has 236 valence electrons. The Labute approximate surface area is 247 Å². The van der Waals surface area contributed by atoms with Crippen molar-refractivity contribution in [1.82, 2.24) is 4.98 Å². The van der Waals surface area contributed by atoms with Gasteiger partial charge in [0.05, 0.1) is 33.5 Å². The van der Waals surface area contributed by atoms with Crippen LogP contribution in [-0.2, 0) is 15.9 Å². The minimum atomic E-state index is -1.55. The van der Waals surface area contributed by atoms with E-state index in [-0.39, 0.29) is 23.7 Å². The molecule has 1 aromatic heterocycles. The van der Waals surface area contributed by atoms with Crippen LogP contribution < -0.4 is 14.9 Å². The molecular formula is C31H47NO10. The van der Waals surface area contributed by atoms with Crippen molar-refractivity contribution < 1.29 is 44.5 Å². The number of hydrogen-bond donors (Lipinski definition) is 6. The first-order chi connectivity index (χ1) is 19.9. The normalized spacial score (nSPS) is 25.5. The van der Waals surface area contributed by atoms with Crippen LogP contribution in [0.2, 0.25) is 0 Å². The van der Waals surface area contributed by atoms with Crippen LogP contribution in [0, 0.1) is 12.8 Å². The first-order valence-corrected chi connectivity index (χ1v) is 14.0. The lowest BCUT2D eigenvalue weighted by atomic mass is 9.94. The molecule has 11 nitrogen and oxygen atoms in total. The summed E-state index contributed by atoms with van der Waals surface area (Å²) >= 11 is 0. The highest BCUT2D eigenvalue weighted by atomic mass is 16.7. The summed E-state index contributed by atoms with van der Waals surface area (Å²) in [5.74, 6) is 0.217. The molecule has 7 atom stereocenters. The summed E-state index contributed by atoms with van der Waals surface area (Å²) in [7, 11) is 2.91. The van der Waals surface area contributed by atoms with Crippen molar-refractivity contribution in [1.29, 1.82) is 0 Å². The first-order valence-electron chi connectivity index (χ1n) is 14.0. The lowest BCUT2D eigenvalue weighted by molar-refractivity contribution is -0.310. The lowest BCUT2D eigenvalue weighted by Crippen LogP contribution is -2.60. The van der Waals surface area contributed by atoms with Crippen LogP contribution in [0.25, 0.3) is 0 Å². The van der Waals surface area contributed by atoms with Gasteiger partial charge in [-0.15, -0.1) is 0 Å². The smallest absolute Gasteiger partial charge is 0.238 e. The van der Waals surface area contributed by atoms with Gasteiger partial charge in [-0.25, -0.2) is 0 Å². The van der Waals surface area contributed by atoms with E-state index in [9.17, 15) is 30.3 Å². The summed E-state index contributed by atoms with van der Waals surface area (Å²) < 4.78 is 22.0. The number of aromatic nitrogens is 1. The highest BCUT2D eigenvalue weighted by molar-refractivity contribution is 5.40. The van der Waals surface area contributed by atoms with Crippen molar-refractivity contribution in [2.24, 2.45) is 5.92 Å². The molecule has 1 aromatic rings. The molecule has 0 saturated carbocycles. The predicted octanol–water partition coefficient (Wildman–Crippen LogP) is 1.84. The van der Waals surface area contributed by atoms with E-state index < -0.39 is 43.4 Å².